The molecular weight excluding hydrogens is 402 g/mol. The highest BCUT2D eigenvalue weighted by molar-refractivity contribution is 5.80. The molecule has 1 saturated heterocycles. The van der Waals surface area contributed by atoms with Crippen LogP contribution in [0, 0.1) is 6.92 Å². The molecule has 2 aromatic rings. The van der Waals surface area contributed by atoms with Gasteiger partial charge in [-0.2, -0.15) is 0 Å². The predicted molar refractivity (Wildman–Crippen MR) is 130 cm³/mol. The van der Waals surface area contributed by atoms with Crippen molar-refractivity contribution >= 4 is 5.96 Å². The van der Waals surface area contributed by atoms with Gasteiger partial charge in [0.2, 0.25) is 0 Å². The summed E-state index contributed by atoms with van der Waals surface area (Å²) in [6.45, 7) is 8.98. The fourth-order valence-electron chi connectivity index (χ4n) is 4.04. The van der Waals surface area contributed by atoms with E-state index in [1.807, 2.05) is 0 Å². The lowest BCUT2D eigenvalue weighted by Gasteiger charge is -2.38. The van der Waals surface area contributed by atoms with E-state index in [0.29, 0.717) is 19.8 Å². The first-order valence-corrected chi connectivity index (χ1v) is 11.5. The van der Waals surface area contributed by atoms with E-state index in [2.05, 4.69) is 73.0 Å². The topological polar surface area (TPSA) is 64.1 Å². The number of methoxy groups -OCH3 is 1. The Kier molecular flexibility index (Phi) is 9.38. The Bertz CT molecular complexity index is 849. The Hall–Kier alpha value is -2.57. The van der Waals surface area contributed by atoms with Crippen LogP contribution in [0.25, 0.3) is 0 Å². The minimum atomic E-state index is 0.0496. The quantitative estimate of drug-likeness (QED) is 0.335. The van der Waals surface area contributed by atoms with Crippen LogP contribution < -0.4 is 15.4 Å². The van der Waals surface area contributed by atoms with E-state index < -0.39 is 0 Å². The molecule has 3 rings (SSSR count). The van der Waals surface area contributed by atoms with E-state index in [-0.39, 0.29) is 5.41 Å². The van der Waals surface area contributed by atoms with Gasteiger partial charge in [0.05, 0.1) is 13.2 Å². The van der Waals surface area contributed by atoms with E-state index >= 15 is 0 Å². The summed E-state index contributed by atoms with van der Waals surface area (Å²) in [6, 6.07) is 17.0. The molecule has 32 heavy (non-hydrogen) atoms. The van der Waals surface area contributed by atoms with Crippen LogP contribution in [-0.4, -0.2) is 52.6 Å². The molecule has 6 heteroatoms. The molecule has 0 amide bonds. The Morgan fingerprint density at radius 2 is 1.84 bits per heavy atom. The number of nitrogens with one attached hydrogen (secondary N) is 2. The maximum Gasteiger partial charge on any atom is 0.191 e. The maximum atomic E-state index is 5.93. The third-order valence-electron chi connectivity index (χ3n) is 5.95. The van der Waals surface area contributed by atoms with Gasteiger partial charge in [0.25, 0.3) is 0 Å². The van der Waals surface area contributed by atoms with Gasteiger partial charge in [0.1, 0.15) is 12.4 Å². The SMILES string of the molecule is CCNC(=NCc1ccc(C)cc1OCCOC)NCC1(c2ccccc2)CCOCC1. The largest absolute Gasteiger partial charge is 0.491 e. The molecule has 1 aliphatic heterocycles. The van der Waals surface area contributed by atoms with Crippen molar-refractivity contribution in [2.75, 3.05) is 46.6 Å². The molecule has 6 nitrogen and oxygen atoms in total. The number of aliphatic imine (C=N–C) groups is 1. The summed E-state index contributed by atoms with van der Waals surface area (Å²) in [4.78, 5) is 4.86. The number of hydrogen-bond donors (Lipinski definition) is 2. The molecule has 0 bridgehead atoms. The molecular formula is C26H37N3O3. The van der Waals surface area contributed by atoms with Gasteiger partial charge >= 0.3 is 0 Å². The average molecular weight is 440 g/mol. The first kappa shape index (κ1) is 24.1. The zero-order valence-corrected chi connectivity index (χ0v) is 19.7. The standard InChI is InChI=1S/C26H37N3O3/c1-4-27-25(28-19-22-11-10-21(2)18-24(22)32-17-16-30-3)29-20-26(12-14-31-15-13-26)23-8-6-5-7-9-23/h5-11,18H,4,12-17,19-20H2,1-3H3,(H2,27,28,29). The molecule has 1 heterocycles. The summed E-state index contributed by atoms with van der Waals surface area (Å²) in [7, 11) is 1.68. The van der Waals surface area contributed by atoms with E-state index in [9.17, 15) is 0 Å². The zero-order valence-electron chi connectivity index (χ0n) is 19.7. The fourth-order valence-corrected chi connectivity index (χ4v) is 4.04. The second-order valence-electron chi connectivity index (χ2n) is 8.26. The highest BCUT2D eigenvalue weighted by atomic mass is 16.5. The van der Waals surface area contributed by atoms with Gasteiger partial charge in [-0.15, -0.1) is 0 Å². The lowest BCUT2D eigenvalue weighted by atomic mass is 9.74. The van der Waals surface area contributed by atoms with Crippen molar-refractivity contribution in [1.82, 2.24) is 10.6 Å². The molecule has 2 N–H and O–H groups in total. The van der Waals surface area contributed by atoms with Crippen molar-refractivity contribution in [3.8, 4) is 5.75 Å². The molecule has 2 aromatic carbocycles. The smallest absolute Gasteiger partial charge is 0.191 e. The van der Waals surface area contributed by atoms with Crippen LogP contribution in [-0.2, 0) is 21.4 Å². The van der Waals surface area contributed by atoms with Crippen LogP contribution in [0.2, 0.25) is 0 Å². The average Bonchev–Trinajstić information content (AvgIpc) is 2.83. The molecule has 0 spiro atoms. The van der Waals surface area contributed by atoms with Crippen LogP contribution in [0.5, 0.6) is 5.75 Å². The van der Waals surface area contributed by atoms with Gasteiger partial charge in [0.15, 0.2) is 5.96 Å². The van der Waals surface area contributed by atoms with E-state index in [1.165, 1.54) is 11.1 Å². The minimum absolute atomic E-state index is 0.0496. The normalized spacial score (nSPS) is 15.9. The van der Waals surface area contributed by atoms with Gasteiger partial charge in [-0.3, -0.25) is 0 Å². The lowest BCUT2D eigenvalue weighted by Crippen LogP contribution is -2.48. The van der Waals surface area contributed by atoms with Crippen LogP contribution in [0.3, 0.4) is 0 Å². The third-order valence-corrected chi connectivity index (χ3v) is 5.95. The fraction of sp³-hybridized carbons (Fsp3) is 0.500. The summed E-state index contributed by atoms with van der Waals surface area (Å²) in [6.07, 6.45) is 2.00. The highest BCUT2D eigenvalue weighted by Crippen LogP contribution is 2.34. The number of benzene rings is 2. The summed E-state index contributed by atoms with van der Waals surface area (Å²) in [5, 5.41) is 7.00. The summed E-state index contributed by atoms with van der Waals surface area (Å²) >= 11 is 0. The summed E-state index contributed by atoms with van der Waals surface area (Å²) in [5.74, 6) is 1.68. The first-order chi connectivity index (χ1) is 15.7. The van der Waals surface area contributed by atoms with E-state index in [0.717, 1.165) is 56.4 Å². The van der Waals surface area contributed by atoms with Crippen molar-refractivity contribution in [3.05, 3.63) is 65.2 Å². The number of hydrogen-bond acceptors (Lipinski definition) is 4. The molecule has 174 valence electrons. The van der Waals surface area contributed by atoms with Gasteiger partial charge in [0, 0.05) is 44.4 Å². The van der Waals surface area contributed by atoms with Crippen LogP contribution in [0.15, 0.2) is 53.5 Å². The van der Waals surface area contributed by atoms with Crippen LogP contribution >= 0.6 is 0 Å². The molecule has 1 fully saturated rings. The zero-order chi connectivity index (χ0) is 22.7. The van der Waals surface area contributed by atoms with Crippen molar-refractivity contribution in [2.45, 2.75) is 38.6 Å². The Balaban J connectivity index is 1.72. The van der Waals surface area contributed by atoms with Crippen molar-refractivity contribution in [1.29, 1.82) is 0 Å². The van der Waals surface area contributed by atoms with Gasteiger partial charge in [-0.25, -0.2) is 4.99 Å². The molecule has 0 radical (unpaired) electrons. The molecule has 0 aliphatic carbocycles. The lowest BCUT2D eigenvalue weighted by molar-refractivity contribution is 0.0514. The Labute approximate surface area is 192 Å². The monoisotopic (exact) mass is 439 g/mol. The van der Waals surface area contributed by atoms with Gasteiger partial charge in [-0.1, -0.05) is 42.5 Å². The van der Waals surface area contributed by atoms with Crippen LogP contribution in [0.1, 0.15) is 36.5 Å². The number of nitrogens with zero attached hydrogens (tertiary/aromatic N) is 1. The van der Waals surface area contributed by atoms with Crippen molar-refractivity contribution in [2.24, 2.45) is 4.99 Å². The number of guanidine groups is 1. The Morgan fingerprint density at radius 1 is 1.06 bits per heavy atom. The van der Waals surface area contributed by atoms with E-state index in [4.69, 9.17) is 19.2 Å². The number of rotatable bonds is 10. The van der Waals surface area contributed by atoms with E-state index in [1.54, 1.807) is 7.11 Å². The molecule has 0 aromatic heterocycles. The van der Waals surface area contributed by atoms with Crippen molar-refractivity contribution in [3.63, 3.8) is 0 Å². The molecule has 0 atom stereocenters. The van der Waals surface area contributed by atoms with Crippen molar-refractivity contribution < 1.29 is 14.2 Å². The van der Waals surface area contributed by atoms with Gasteiger partial charge < -0.3 is 24.8 Å². The molecule has 0 saturated carbocycles. The predicted octanol–water partition coefficient (Wildman–Crippen LogP) is 3.82. The van der Waals surface area contributed by atoms with Crippen LogP contribution in [0.4, 0.5) is 0 Å². The summed E-state index contributed by atoms with van der Waals surface area (Å²) < 4.78 is 16.7. The highest BCUT2D eigenvalue weighted by Gasteiger charge is 2.34. The first-order valence-electron chi connectivity index (χ1n) is 11.5. The molecule has 1 aliphatic rings. The number of ether oxygens (including phenoxy) is 3. The minimum Gasteiger partial charge on any atom is -0.491 e. The summed E-state index contributed by atoms with van der Waals surface area (Å²) in [5.41, 5.74) is 3.64. The molecule has 0 unspecified atom stereocenters. The van der Waals surface area contributed by atoms with Gasteiger partial charge in [-0.05, 0) is 43.9 Å². The maximum absolute atomic E-state index is 5.93. The third kappa shape index (κ3) is 6.71. The second-order valence-corrected chi connectivity index (χ2v) is 8.26. The Morgan fingerprint density at radius 3 is 2.56 bits per heavy atom. The second kappa shape index (κ2) is 12.5. The number of aryl methyl sites for hydroxylation is 1.